The third-order valence-corrected chi connectivity index (χ3v) is 3.17. The van der Waals surface area contributed by atoms with Crippen molar-refractivity contribution in [2.45, 2.75) is 39.8 Å². The van der Waals surface area contributed by atoms with Crippen molar-refractivity contribution in [3.05, 3.63) is 0 Å². The van der Waals surface area contributed by atoms with Gasteiger partial charge in [-0.3, -0.25) is 4.79 Å². The molecule has 0 aromatic rings. The van der Waals surface area contributed by atoms with E-state index in [0.717, 1.165) is 0 Å². The van der Waals surface area contributed by atoms with E-state index in [1.165, 1.54) is 0 Å². The van der Waals surface area contributed by atoms with Crippen molar-refractivity contribution in [3.8, 4) is 0 Å². The first kappa shape index (κ1) is 15.3. The molecule has 3 nitrogen and oxygen atoms in total. The van der Waals surface area contributed by atoms with E-state index >= 15 is 0 Å². The van der Waals surface area contributed by atoms with Gasteiger partial charge in [-0.25, -0.2) is 0 Å². The lowest BCUT2D eigenvalue weighted by atomic mass is 9.86. The van der Waals surface area contributed by atoms with E-state index in [4.69, 9.17) is 4.74 Å². The molecule has 1 saturated heterocycles. The Balaban J connectivity index is 2.63. The molecule has 0 saturated carbocycles. The number of alkyl halides is 3. The molecule has 0 bridgehead atoms. The Labute approximate surface area is 105 Å². The van der Waals surface area contributed by atoms with E-state index < -0.39 is 17.6 Å². The molecule has 1 unspecified atom stereocenters. The predicted octanol–water partition coefficient (Wildman–Crippen LogP) is 2.51. The first-order valence-corrected chi connectivity index (χ1v) is 6.03. The number of nitrogens with one attached hydrogen (secondary N) is 1. The summed E-state index contributed by atoms with van der Waals surface area (Å²) in [6.07, 6.45) is -4.26. The van der Waals surface area contributed by atoms with Gasteiger partial charge >= 0.3 is 12.1 Å². The van der Waals surface area contributed by atoms with Crippen molar-refractivity contribution in [1.82, 2.24) is 5.32 Å². The Morgan fingerprint density at radius 1 is 1.33 bits per heavy atom. The SMILES string of the molecule is CC(C)(C)CCOC(=O)C1(C(F)(F)F)CCNC1. The van der Waals surface area contributed by atoms with Crippen LogP contribution in [-0.4, -0.2) is 31.8 Å². The Kier molecular flexibility index (Phi) is 4.30. The number of rotatable bonds is 3. The summed E-state index contributed by atoms with van der Waals surface area (Å²) in [5.74, 6) is -1.15. The standard InChI is InChI=1S/C12H20F3NO2/c1-10(2,3)5-7-18-9(17)11(12(13,14)15)4-6-16-8-11/h16H,4-8H2,1-3H3. The zero-order valence-corrected chi connectivity index (χ0v) is 11.0. The summed E-state index contributed by atoms with van der Waals surface area (Å²) in [4.78, 5) is 11.7. The Hall–Kier alpha value is -0.780. The van der Waals surface area contributed by atoms with Crippen LogP contribution in [-0.2, 0) is 9.53 Å². The number of ether oxygens (including phenoxy) is 1. The maximum Gasteiger partial charge on any atom is 0.406 e. The molecule has 106 valence electrons. The average molecular weight is 267 g/mol. The van der Waals surface area contributed by atoms with Crippen LogP contribution in [0.5, 0.6) is 0 Å². The number of halogens is 3. The van der Waals surface area contributed by atoms with E-state index in [1.54, 1.807) is 0 Å². The van der Waals surface area contributed by atoms with Crippen LogP contribution in [0.25, 0.3) is 0 Å². The lowest BCUT2D eigenvalue weighted by Crippen LogP contribution is -2.47. The number of carbonyl (C=O) groups excluding carboxylic acids is 1. The molecular formula is C12H20F3NO2. The maximum absolute atomic E-state index is 13.0. The molecule has 1 aliphatic rings. The molecule has 0 aromatic heterocycles. The molecule has 0 spiro atoms. The van der Waals surface area contributed by atoms with E-state index in [1.807, 2.05) is 20.8 Å². The Bertz CT molecular complexity index is 301. The van der Waals surface area contributed by atoms with E-state index in [0.29, 0.717) is 6.42 Å². The van der Waals surface area contributed by atoms with Crippen molar-refractivity contribution < 1.29 is 22.7 Å². The molecule has 0 radical (unpaired) electrons. The van der Waals surface area contributed by atoms with E-state index in [-0.39, 0.29) is 31.5 Å². The van der Waals surface area contributed by atoms with E-state index in [2.05, 4.69) is 5.32 Å². The molecule has 0 aromatic carbocycles. The molecule has 1 fully saturated rings. The van der Waals surface area contributed by atoms with Crippen molar-refractivity contribution in [3.63, 3.8) is 0 Å². The van der Waals surface area contributed by atoms with Gasteiger partial charge in [0.2, 0.25) is 0 Å². The van der Waals surface area contributed by atoms with Crippen LogP contribution in [0.4, 0.5) is 13.2 Å². The van der Waals surface area contributed by atoms with Crippen LogP contribution in [0, 0.1) is 10.8 Å². The number of esters is 1. The van der Waals surface area contributed by atoms with Crippen LogP contribution in [0.1, 0.15) is 33.6 Å². The highest BCUT2D eigenvalue weighted by Gasteiger charge is 2.62. The number of hydrogen-bond acceptors (Lipinski definition) is 3. The summed E-state index contributed by atoms with van der Waals surface area (Å²) in [5, 5.41) is 2.59. The highest BCUT2D eigenvalue weighted by atomic mass is 19.4. The second kappa shape index (κ2) is 5.07. The van der Waals surface area contributed by atoms with Gasteiger partial charge in [0, 0.05) is 6.54 Å². The third-order valence-electron chi connectivity index (χ3n) is 3.17. The van der Waals surface area contributed by atoms with Gasteiger partial charge in [-0.1, -0.05) is 20.8 Å². The van der Waals surface area contributed by atoms with Crippen molar-refractivity contribution >= 4 is 5.97 Å². The van der Waals surface area contributed by atoms with Crippen LogP contribution >= 0.6 is 0 Å². The fourth-order valence-electron chi connectivity index (χ4n) is 1.81. The molecule has 1 atom stereocenters. The zero-order chi connectivity index (χ0) is 14.0. The summed E-state index contributed by atoms with van der Waals surface area (Å²) in [5.41, 5.74) is -2.43. The molecule has 0 aliphatic carbocycles. The molecule has 1 rings (SSSR count). The zero-order valence-electron chi connectivity index (χ0n) is 11.0. The van der Waals surface area contributed by atoms with Gasteiger partial charge in [0.25, 0.3) is 0 Å². The fraction of sp³-hybridized carbons (Fsp3) is 0.917. The molecular weight excluding hydrogens is 247 g/mol. The smallest absolute Gasteiger partial charge is 0.406 e. The van der Waals surface area contributed by atoms with Crippen LogP contribution in [0.3, 0.4) is 0 Å². The summed E-state index contributed by atoms with van der Waals surface area (Å²) in [7, 11) is 0. The third kappa shape index (κ3) is 3.37. The van der Waals surface area contributed by atoms with Crippen LogP contribution in [0.15, 0.2) is 0 Å². The molecule has 18 heavy (non-hydrogen) atoms. The fourth-order valence-corrected chi connectivity index (χ4v) is 1.81. The van der Waals surface area contributed by atoms with Gasteiger partial charge in [0.15, 0.2) is 5.41 Å². The lowest BCUT2D eigenvalue weighted by Gasteiger charge is -2.29. The van der Waals surface area contributed by atoms with Crippen LogP contribution in [0.2, 0.25) is 0 Å². The highest BCUT2D eigenvalue weighted by Crippen LogP contribution is 2.44. The molecule has 0 amide bonds. The highest BCUT2D eigenvalue weighted by molar-refractivity contribution is 5.78. The molecule has 1 N–H and O–H groups in total. The van der Waals surface area contributed by atoms with Crippen molar-refractivity contribution in [2.24, 2.45) is 10.8 Å². The second-order valence-corrected chi connectivity index (χ2v) is 5.95. The summed E-state index contributed by atoms with van der Waals surface area (Å²) >= 11 is 0. The quantitative estimate of drug-likeness (QED) is 0.798. The lowest BCUT2D eigenvalue weighted by molar-refractivity contribution is -0.229. The van der Waals surface area contributed by atoms with Gasteiger partial charge in [-0.2, -0.15) is 13.2 Å². The first-order chi connectivity index (χ1) is 8.08. The molecule has 1 aliphatic heterocycles. The van der Waals surface area contributed by atoms with Gasteiger partial charge in [-0.05, 0) is 24.8 Å². The Morgan fingerprint density at radius 2 is 1.94 bits per heavy atom. The monoisotopic (exact) mass is 267 g/mol. The van der Waals surface area contributed by atoms with Crippen LogP contribution < -0.4 is 5.32 Å². The molecule has 1 heterocycles. The Morgan fingerprint density at radius 3 is 2.33 bits per heavy atom. The number of hydrogen-bond donors (Lipinski definition) is 1. The summed E-state index contributed by atoms with van der Waals surface area (Å²) < 4.78 is 43.8. The second-order valence-electron chi connectivity index (χ2n) is 5.95. The summed E-state index contributed by atoms with van der Waals surface area (Å²) in [6.45, 7) is 5.66. The predicted molar refractivity (Wildman–Crippen MR) is 61.0 cm³/mol. The van der Waals surface area contributed by atoms with Gasteiger partial charge < -0.3 is 10.1 Å². The average Bonchev–Trinajstić information content (AvgIpc) is 2.63. The summed E-state index contributed by atoms with van der Waals surface area (Å²) in [6, 6.07) is 0. The first-order valence-electron chi connectivity index (χ1n) is 6.03. The normalized spacial score (nSPS) is 25.2. The van der Waals surface area contributed by atoms with Gasteiger partial charge in [-0.15, -0.1) is 0 Å². The minimum atomic E-state index is -4.56. The maximum atomic E-state index is 13.0. The number of carbonyl (C=O) groups is 1. The largest absolute Gasteiger partial charge is 0.465 e. The van der Waals surface area contributed by atoms with Crippen molar-refractivity contribution in [2.75, 3.05) is 19.7 Å². The van der Waals surface area contributed by atoms with Gasteiger partial charge in [0.1, 0.15) is 0 Å². The van der Waals surface area contributed by atoms with E-state index in [9.17, 15) is 18.0 Å². The minimum absolute atomic E-state index is 0.0279. The minimum Gasteiger partial charge on any atom is -0.465 e. The van der Waals surface area contributed by atoms with Crippen molar-refractivity contribution in [1.29, 1.82) is 0 Å². The van der Waals surface area contributed by atoms with Gasteiger partial charge in [0.05, 0.1) is 6.61 Å². The topological polar surface area (TPSA) is 38.3 Å². The molecule has 6 heteroatoms.